The van der Waals surface area contributed by atoms with Gasteiger partial charge in [-0.25, -0.2) is 0 Å². The molecule has 1 nitrogen and oxygen atoms in total. The number of aryl methyl sites for hydroxylation is 3. The Bertz CT molecular complexity index is 377. The average Bonchev–Trinajstić information content (AvgIpc) is 2.17. The van der Waals surface area contributed by atoms with E-state index in [0.717, 1.165) is 18.3 Å². The highest BCUT2D eigenvalue weighted by Gasteiger charge is 2.02. The molecule has 0 fully saturated rings. The molecule has 0 aromatic heterocycles. The van der Waals surface area contributed by atoms with Gasteiger partial charge in [-0.3, -0.25) is 4.79 Å². The van der Waals surface area contributed by atoms with Crippen molar-refractivity contribution >= 4 is 12.4 Å². The summed E-state index contributed by atoms with van der Waals surface area (Å²) in [6, 6.07) is 4.30. The minimum atomic E-state index is 0.788. The fourth-order valence-corrected chi connectivity index (χ4v) is 1.82. The van der Waals surface area contributed by atoms with E-state index in [0.29, 0.717) is 0 Å². The summed E-state index contributed by atoms with van der Waals surface area (Å²) in [7, 11) is 0. The molecule has 0 spiro atoms. The minimum absolute atomic E-state index is 0.788. The molecule has 15 heavy (non-hydrogen) atoms. The first kappa shape index (κ1) is 11.7. The monoisotopic (exact) mass is 202 g/mol. The Labute approximate surface area is 91.8 Å². The maximum absolute atomic E-state index is 10.8. The van der Waals surface area contributed by atoms with Crippen molar-refractivity contribution in [2.24, 2.45) is 0 Å². The molecular formula is C14H18O. The lowest BCUT2D eigenvalue weighted by Crippen LogP contribution is -1.91. The molecule has 1 heteroatoms. The van der Waals surface area contributed by atoms with Crippen molar-refractivity contribution in [1.29, 1.82) is 0 Å². The number of hydrogen-bond acceptors (Lipinski definition) is 1. The smallest absolute Gasteiger partial charge is 0.146 e. The predicted octanol–water partition coefficient (Wildman–Crippen LogP) is 3.60. The molecule has 0 bridgehead atoms. The van der Waals surface area contributed by atoms with Gasteiger partial charge in [-0.1, -0.05) is 24.6 Å². The maximum Gasteiger partial charge on any atom is 0.146 e. The molecule has 0 atom stereocenters. The first-order valence-corrected chi connectivity index (χ1v) is 5.32. The third kappa shape index (κ3) is 2.79. The number of carbonyl (C=O) groups excluding carboxylic acids is 1. The van der Waals surface area contributed by atoms with Crippen LogP contribution in [0.25, 0.3) is 6.08 Å². The minimum Gasteiger partial charge on any atom is -0.298 e. The third-order valence-corrected chi connectivity index (χ3v) is 2.63. The van der Waals surface area contributed by atoms with Crippen LogP contribution >= 0.6 is 0 Å². The molecule has 0 aliphatic carbocycles. The van der Waals surface area contributed by atoms with Gasteiger partial charge < -0.3 is 0 Å². The lowest BCUT2D eigenvalue weighted by Gasteiger charge is -2.08. The quantitative estimate of drug-likeness (QED) is 0.540. The van der Waals surface area contributed by atoms with Gasteiger partial charge in [-0.05, 0) is 55.5 Å². The molecule has 0 aliphatic heterocycles. The van der Waals surface area contributed by atoms with Gasteiger partial charge >= 0.3 is 0 Å². The molecule has 0 amide bonds. The number of benzene rings is 1. The molecule has 1 aromatic carbocycles. The zero-order valence-electron chi connectivity index (χ0n) is 9.92. The van der Waals surface area contributed by atoms with Crippen LogP contribution in [0.15, 0.2) is 17.7 Å². The number of allylic oxidation sites excluding steroid dienone is 1. The summed E-state index contributed by atoms with van der Waals surface area (Å²) < 4.78 is 0. The van der Waals surface area contributed by atoms with Crippen LogP contribution in [0.3, 0.4) is 0 Å². The normalized spacial score (nSPS) is 11.6. The van der Waals surface area contributed by atoms with Crippen LogP contribution in [0.2, 0.25) is 0 Å². The Kier molecular flexibility index (Phi) is 3.84. The summed E-state index contributed by atoms with van der Waals surface area (Å²) in [5.74, 6) is 0. The van der Waals surface area contributed by atoms with Crippen LogP contribution in [0.1, 0.15) is 35.6 Å². The van der Waals surface area contributed by atoms with Crippen LogP contribution in [0, 0.1) is 20.8 Å². The molecular weight excluding hydrogens is 184 g/mol. The molecule has 80 valence electrons. The fraction of sp³-hybridized carbons (Fsp3) is 0.357. The SMILES string of the molecule is CCC(C=O)=Cc1c(C)cc(C)cc1C. The molecule has 1 rings (SSSR count). The van der Waals surface area contributed by atoms with Crippen molar-refractivity contribution in [3.8, 4) is 0 Å². The van der Waals surface area contributed by atoms with Crippen LogP contribution in [0.4, 0.5) is 0 Å². The van der Waals surface area contributed by atoms with Crippen molar-refractivity contribution in [2.45, 2.75) is 34.1 Å². The molecule has 0 saturated carbocycles. The van der Waals surface area contributed by atoms with Gasteiger partial charge in [0.2, 0.25) is 0 Å². The Balaban J connectivity index is 3.26. The van der Waals surface area contributed by atoms with Crippen LogP contribution in [0.5, 0.6) is 0 Å². The Morgan fingerprint density at radius 1 is 1.20 bits per heavy atom. The summed E-state index contributed by atoms with van der Waals surface area (Å²) in [4.78, 5) is 10.8. The second-order valence-electron chi connectivity index (χ2n) is 4.00. The van der Waals surface area contributed by atoms with E-state index in [9.17, 15) is 4.79 Å². The highest BCUT2D eigenvalue weighted by molar-refractivity contribution is 5.82. The highest BCUT2D eigenvalue weighted by Crippen LogP contribution is 2.19. The van der Waals surface area contributed by atoms with Crippen molar-refractivity contribution in [3.63, 3.8) is 0 Å². The summed E-state index contributed by atoms with van der Waals surface area (Å²) in [5, 5.41) is 0. The predicted molar refractivity (Wildman–Crippen MR) is 65.0 cm³/mol. The second-order valence-corrected chi connectivity index (χ2v) is 4.00. The molecule has 0 radical (unpaired) electrons. The summed E-state index contributed by atoms with van der Waals surface area (Å²) in [5.41, 5.74) is 5.78. The Hall–Kier alpha value is -1.37. The zero-order chi connectivity index (χ0) is 11.4. The van der Waals surface area contributed by atoms with Gasteiger partial charge in [0.15, 0.2) is 0 Å². The standard InChI is InChI=1S/C14H18O/c1-5-13(9-15)8-14-11(3)6-10(2)7-12(14)4/h6-9H,5H2,1-4H3. The third-order valence-electron chi connectivity index (χ3n) is 2.63. The van der Waals surface area contributed by atoms with Crippen LogP contribution in [-0.2, 0) is 4.79 Å². The van der Waals surface area contributed by atoms with Crippen molar-refractivity contribution < 1.29 is 4.79 Å². The topological polar surface area (TPSA) is 17.1 Å². The summed E-state index contributed by atoms with van der Waals surface area (Å²) in [6.07, 6.45) is 3.73. The number of rotatable bonds is 3. The lowest BCUT2D eigenvalue weighted by molar-refractivity contribution is -0.104. The van der Waals surface area contributed by atoms with E-state index in [1.807, 2.05) is 13.0 Å². The highest BCUT2D eigenvalue weighted by atomic mass is 16.1. The Morgan fingerprint density at radius 2 is 1.73 bits per heavy atom. The van der Waals surface area contributed by atoms with Crippen LogP contribution < -0.4 is 0 Å². The molecule has 0 saturated heterocycles. The van der Waals surface area contributed by atoms with E-state index in [1.54, 1.807) is 0 Å². The van der Waals surface area contributed by atoms with Gasteiger partial charge in [0.05, 0.1) is 0 Å². The van der Waals surface area contributed by atoms with Gasteiger partial charge in [-0.15, -0.1) is 0 Å². The lowest BCUT2D eigenvalue weighted by atomic mass is 9.97. The first-order chi connectivity index (χ1) is 7.08. The largest absolute Gasteiger partial charge is 0.298 e. The molecule has 0 heterocycles. The molecule has 1 aromatic rings. The van der Waals surface area contributed by atoms with Crippen LogP contribution in [-0.4, -0.2) is 6.29 Å². The second kappa shape index (κ2) is 4.92. The van der Waals surface area contributed by atoms with Gasteiger partial charge in [0.25, 0.3) is 0 Å². The molecule has 0 N–H and O–H groups in total. The average molecular weight is 202 g/mol. The molecule has 0 unspecified atom stereocenters. The number of carbonyl (C=O) groups is 1. The van der Waals surface area contributed by atoms with E-state index in [1.165, 1.54) is 22.3 Å². The zero-order valence-corrected chi connectivity index (χ0v) is 9.92. The first-order valence-electron chi connectivity index (χ1n) is 5.32. The van der Waals surface area contributed by atoms with Crippen molar-refractivity contribution in [2.75, 3.05) is 0 Å². The van der Waals surface area contributed by atoms with E-state index in [-0.39, 0.29) is 0 Å². The van der Waals surface area contributed by atoms with Gasteiger partial charge in [-0.2, -0.15) is 0 Å². The maximum atomic E-state index is 10.8. The van der Waals surface area contributed by atoms with Gasteiger partial charge in [0, 0.05) is 0 Å². The van der Waals surface area contributed by atoms with Crippen molar-refractivity contribution in [1.82, 2.24) is 0 Å². The van der Waals surface area contributed by atoms with Crippen molar-refractivity contribution in [3.05, 3.63) is 40.0 Å². The number of hydrogen-bond donors (Lipinski definition) is 0. The van der Waals surface area contributed by atoms with E-state index >= 15 is 0 Å². The molecule has 0 aliphatic rings. The summed E-state index contributed by atoms with van der Waals surface area (Å²) >= 11 is 0. The summed E-state index contributed by atoms with van der Waals surface area (Å²) in [6.45, 7) is 8.26. The van der Waals surface area contributed by atoms with E-state index in [2.05, 4.69) is 32.9 Å². The van der Waals surface area contributed by atoms with Gasteiger partial charge in [0.1, 0.15) is 6.29 Å². The number of aldehydes is 1. The Morgan fingerprint density at radius 3 is 2.13 bits per heavy atom. The fourth-order valence-electron chi connectivity index (χ4n) is 1.82. The van der Waals surface area contributed by atoms with E-state index < -0.39 is 0 Å². The van der Waals surface area contributed by atoms with E-state index in [4.69, 9.17) is 0 Å².